The molecule has 0 aliphatic carbocycles. The van der Waals surface area contributed by atoms with Crippen molar-refractivity contribution in [1.82, 2.24) is 19.7 Å². The van der Waals surface area contributed by atoms with E-state index in [1.807, 2.05) is 37.0 Å². The van der Waals surface area contributed by atoms with Crippen molar-refractivity contribution in [2.24, 2.45) is 0 Å². The van der Waals surface area contributed by atoms with Crippen molar-refractivity contribution >= 4 is 11.8 Å². The molecule has 0 fully saturated rings. The first-order valence-electron chi connectivity index (χ1n) is 6.34. The Balaban J connectivity index is 2.10. The fraction of sp³-hybridized carbons (Fsp3) is 0.462. The van der Waals surface area contributed by atoms with Gasteiger partial charge in [0.25, 0.3) is 0 Å². The van der Waals surface area contributed by atoms with E-state index in [2.05, 4.69) is 34.2 Å². The van der Waals surface area contributed by atoms with E-state index < -0.39 is 0 Å². The molecule has 2 rings (SSSR count). The minimum Gasteiger partial charge on any atom is -0.368 e. The molecule has 2 heterocycles. The van der Waals surface area contributed by atoms with E-state index in [-0.39, 0.29) is 18.0 Å². The average molecular weight is 260 g/mol. The van der Waals surface area contributed by atoms with Gasteiger partial charge in [-0.15, -0.1) is 0 Å². The Morgan fingerprint density at radius 1 is 1.26 bits per heavy atom. The molecule has 102 valence electrons. The smallest absolute Gasteiger partial charge is 0.222 e. The number of aromatic nitrogens is 4. The van der Waals surface area contributed by atoms with Crippen molar-refractivity contribution in [1.29, 1.82) is 0 Å². The zero-order chi connectivity index (χ0) is 14.0. The lowest BCUT2D eigenvalue weighted by molar-refractivity contribution is 0.442. The Kier molecular flexibility index (Phi) is 3.69. The molecule has 2 aromatic rings. The number of anilines is 2. The highest BCUT2D eigenvalue weighted by Crippen LogP contribution is 2.16. The first-order chi connectivity index (χ1) is 8.95. The molecule has 0 spiro atoms. The molecular weight excluding hydrogens is 240 g/mol. The summed E-state index contributed by atoms with van der Waals surface area (Å²) in [6.07, 6.45) is 3.89. The maximum absolute atomic E-state index is 5.65. The predicted octanol–water partition coefficient (Wildman–Crippen LogP) is 1.93. The average Bonchev–Trinajstić information content (AvgIpc) is 2.73. The van der Waals surface area contributed by atoms with Crippen molar-refractivity contribution in [2.75, 3.05) is 11.1 Å². The van der Waals surface area contributed by atoms with E-state index in [9.17, 15) is 0 Å². The monoisotopic (exact) mass is 260 g/mol. The molecule has 0 aromatic carbocycles. The summed E-state index contributed by atoms with van der Waals surface area (Å²) in [7, 11) is 0. The van der Waals surface area contributed by atoms with Crippen LogP contribution in [0.1, 0.15) is 31.1 Å². The number of nitrogen functional groups attached to an aromatic ring is 1. The summed E-state index contributed by atoms with van der Waals surface area (Å²) in [5.74, 6) is 1.03. The summed E-state index contributed by atoms with van der Waals surface area (Å²) in [4.78, 5) is 8.24. The molecule has 6 heteroatoms. The number of nitrogens with zero attached hydrogens (tertiary/aromatic N) is 4. The van der Waals surface area contributed by atoms with Gasteiger partial charge in [-0.3, -0.25) is 4.68 Å². The molecule has 0 aliphatic rings. The van der Waals surface area contributed by atoms with Gasteiger partial charge in [0.1, 0.15) is 5.82 Å². The highest BCUT2D eigenvalue weighted by atomic mass is 15.3. The minimum absolute atomic E-state index is 0.174. The van der Waals surface area contributed by atoms with E-state index in [0.717, 1.165) is 17.1 Å². The van der Waals surface area contributed by atoms with E-state index >= 15 is 0 Å². The second-order valence-electron chi connectivity index (χ2n) is 4.92. The molecule has 3 N–H and O–H groups in total. The van der Waals surface area contributed by atoms with Gasteiger partial charge in [-0.25, -0.2) is 4.98 Å². The highest BCUT2D eigenvalue weighted by molar-refractivity contribution is 5.41. The molecule has 0 aliphatic heterocycles. The van der Waals surface area contributed by atoms with E-state index in [0.29, 0.717) is 0 Å². The normalized spacial score (nSPS) is 14.1. The molecule has 0 saturated carbocycles. The van der Waals surface area contributed by atoms with Crippen molar-refractivity contribution in [2.45, 2.75) is 39.8 Å². The van der Waals surface area contributed by atoms with Crippen molar-refractivity contribution < 1.29 is 0 Å². The third-order valence-electron chi connectivity index (χ3n) is 3.12. The molecule has 19 heavy (non-hydrogen) atoms. The molecule has 0 bridgehead atoms. The summed E-state index contributed by atoms with van der Waals surface area (Å²) in [5.41, 5.74) is 7.65. The van der Waals surface area contributed by atoms with Crippen LogP contribution in [0.3, 0.4) is 0 Å². The Morgan fingerprint density at radius 3 is 2.58 bits per heavy atom. The Labute approximate surface area is 113 Å². The Morgan fingerprint density at radius 2 is 2.00 bits per heavy atom. The van der Waals surface area contributed by atoms with Crippen molar-refractivity contribution in [3.8, 4) is 0 Å². The summed E-state index contributed by atoms with van der Waals surface area (Å²) in [6, 6.07) is 2.27. The summed E-state index contributed by atoms with van der Waals surface area (Å²) in [5, 5.41) is 7.67. The molecule has 2 aromatic heterocycles. The van der Waals surface area contributed by atoms with Crippen LogP contribution < -0.4 is 11.1 Å². The second-order valence-corrected chi connectivity index (χ2v) is 4.92. The molecule has 2 atom stereocenters. The predicted molar refractivity (Wildman–Crippen MR) is 75.9 cm³/mol. The standard InChI is InChI=1S/C13H20N6/c1-8-6-15-19(7-8)11(4)10(3)17-12-5-9(2)16-13(14)18-12/h5-7,10-11H,1-4H3,(H3,14,16,17,18). The van der Waals surface area contributed by atoms with Gasteiger partial charge < -0.3 is 11.1 Å². The third-order valence-corrected chi connectivity index (χ3v) is 3.12. The van der Waals surface area contributed by atoms with Crippen LogP contribution in [0.2, 0.25) is 0 Å². The molecular formula is C13H20N6. The van der Waals surface area contributed by atoms with Crippen molar-refractivity contribution in [3.63, 3.8) is 0 Å². The molecule has 0 amide bonds. The van der Waals surface area contributed by atoms with Gasteiger partial charge in [-0.05, 0) is 33.3 Å². The number of hydrogen-bond acceptors (Lipinski definition) is 5. The molecule has 0 saturated heterocycles. The maximum Gasteiger partial charge on any atom is 0.222 e. The third kappa shape index (κ3) is 3.21. The van der Waals surface area contributed by atoms with Crippen LogP contribution in [-0.4, -0.2) is 25.8 Å². The molecule has 6 nitrogen and oxygen atoms in total. The largest absolute Gasteiger partial charge is 0.368 e. The van der Waals surface area contributed by atoms with Gasteiger partial charge in [-0.2, -0.15) is 10.1 Å². The van der Waals surface area contributed by atoms with Gasteiger partial charge in [0.2, 0.25) is 5.95 Å². The van der Waals surface area contributed by atoms with E-state index in [4.69, 9.17) is 5.73 Å². The van der Waals surface area contributed by atoms with Gasteiger partial charge in [-0.1, -0.05) is 0 Å². The number of hydrogen-bond donors (Lipinski definition) is 2. The van der Waals surface area contributed by atoms with Crippen LogP contribution in [0.15, 0.2) is 18.5 Å². The van der Waals surface area contributed by atoms with Crippen LogP contribution in [0, 0.1) is 13.8 Å². The lowest BCUT2D eigenvalue weighted by Gasteiger charge is -2.22. The van der Waals surface area contributed by atoms with Crippen LogP contribution >= 0.6 is 0 Å². The number of nitrogens with one attached hydrogen (secondary N) is 1. The molecule has 2 unspecified atom stereocenters. The van der Waals surface area contributed by atoms with Gasteiger partial charge in [0, 0.05) is 24.0 Å². The first kappa shape index (κ1) is 13.3. The first-order valence-corrected chi connectivity index (χ1v) is 6.34. The van der Waals surface area contributed by atoms with Gasteiger partial charge in [0.05, 0.1) is 12.2 Å². The number of aryl methyl sites for hydroxylation is 2. The zero-order valence-corrected chi connectivity index (χ0v) is 11.8. The summed E-state index contributed by atoms with van der Waals surface area (Å²) in [6.45, 7) is 8.13. The number of nitrogens with two attached hydrogens (primary N) is 1. The van der Waals surface area contributed by atoms with Crippen molar-refractivity contribution in [3.05, 3.63) is 29.7 Å². The SMILES string of the molecule is Cc1cnn(C(C)C(C)Nc2cc(C)nc(N)n2)c1. The fourth-order valence-electron chi connectivity index (χ4n) is 1.90. The minimum atomic E-state index is 0.174. The summed E-state index contributed by atoms with van der Waals surface area (Å²) >= 11 is 0. The zero-order valence-electron chi connectivity index (χ0n) is 11.8. The van der Waals surface area contributed by atoms with E-state index in [1.54, 1.807) is 0 Å². The maximum atomic E-state index is 5.65. The quantitative estimate of drug-likeness (QED) is 0.878. The van der Waals surface area contributed by atoms with Crippen LogP contribution in [-0.2, 0) is 0 Å². The fourth-order valence-corrected chi connectivity index (χ4v) is 1.90. The van der Waals surface area contributed by atoms with Gasteiger partial charge >= 0.3 is 0 Å². The van der Waals surface area contributed by atoms with Gasteiger partial charge in [0.15, 0.2) is 0 Å². The second kappa shape index (κ2) is 5.26. The summed E-state index contributed by atoms with van der Waals surface area (Å²) < 4.78 is 1.95. The topological polar surface area (TPSA) is 81.7 Å². The lowest BCUT2D eigenvalue weighted by Crippen LogP contribution is -2.27. The highest BCUT2D eigenvalue weighted by Gasteiger charge is 2.15. The number of rotatable bonds is 4. The Bertz CT molecular complexity index is 542. The van der Waals surface area contributed by atoms with Crippen LogP contribution in [0.4, 0.5) is 11.8 Å². The van der Waals surface area contributed by atoms with Crippen LogP contribution in [0.25, 0.3) is 0 Å². The Hall–Kier alpha value is -2.11. The van der Waals surface area contributed by atoms with Crippen LogP contribution in [0.5, 0.6) is 0 Å². The lowest BCUT2D eigenvalue weighted by atomic mass is 10.1. The van der Waals surface area contributed by atoms with E-state index in [1.165, 1.54) is 0 Å². The molecule has 0 radical (unpaired) electrons.